The molecule has 0 atom stereocenters. The summed E-state index contributed by atoms with van der Waals surface area (Å²) >= 11 is 0. The minimum absolute atomic E-state index is 0.00180. The Morgan fingerprint density at radius 2 is 1.74 bits per heavy atom. The van der Waals surface area contributed by atoms with Crippen LogP contribution in [0.1, 0.15) is 53.6 Å². The molecule has 1 fully saturated rings. The van der Waals surface area contributed by atoms with E-state index in [4.69, 9.17) is 0 Å². The van der Waals surface area contributed by atoms with Crippen molar-refractivity contribution >= 4 is 23.2 Å². The van der Waals surface area contributed by atoms with Crippen LogP contribution in [-0.2, 0) is 18.4 Å². The van der Waals surface area contributed by atoms with Gasteiger partial charge < -0.3 is 10.2 Å². The van der Waals surface area contributed by atoms with E-state index in [9.17, 15) is 9.59 Å². The van der Waals surface area contributed by atoms with Gasteiger partial charge in [0.2, 0.25) is 5.91 Å². The van der Waals surface area contributed by atoms with Crippen LogP contribution in [0.15, 0.2) is 0 Å². The van der Waals surface area contributed by atoms with Crippen LogP contribution < -0.4 is 10.2 Å². The standard InChI is InChI=1S/C19H28N6O2/c1-12-17(15(4)26)13(2)25(21-12)11-8-16(27)20-18-14(3)23(5)22-19(18)24-9-6-7-10-24/h6-11H2,1-5H3,(H,20,27). The van der Waals surface area contributed by atoms with E-state index in [2.05, 4.69) is 20.4 Å². The van der Waals surface area contributed by atoms with Crippen molar-refractivity contribution in [2.75, 3.05) is 23.3 Å². The van der Waals surface area contributed by atoms with Crippen LogP contribution in [-0.4, -0.2) is 44.3 Å². The number of ketones is 1. The average Bonchev–Trinajstić information content (AvgIpc) is 3.28. The first-order chi connectivity index (χ1) is 12.8. The van der Waals surface area contributed by atoms with E-state index in [1.165, 1.54) is 0 Å². The van der Waals surface area contributed by atoms with Crippen LogP contribution >= 0.6 is 0 Å². The van der Waals surface area contributed by atoms with Gasteiger partial charge in [0.15, 0.2) is 11.6 Å². The van der Waals surface area contributed by atoms with Crippen LogP contribution in [0.2, 0.25) is 0 Å². The molecule has 1 aliphatic rings. The van der Waals surface area contributed by atoms with Gasteiger partial charge in [-0.2, -0.15) is 10.2 Å². The van der Waals surface area contributed by atoms with Gasteiger partial charge >= 0.3 is 0 Å². The van der Waals surface area contributed by atoms with Gasteiger partial charge in [0.05, 0.1) is 17.0 Å². The number of nitrogens with one attached hydrogen (secondary N) is 1. The Bertz CT molecular complexity index is 873. The number of aryl methyl sites for hydroxylation is 3. The van der Waals surface area contributed by atoms with Gasteiger partial charge in [0.1, 0.15) is 5.69 Å². The number of hydrogen-bond acceptors (Lipinski definition) is 5. The maximum absolute atomic E-state index is 12.6. The number of anilines is 2. The van der Waals surface area contributed by atoms with E-state index in [1.807, 2.05) is 32.5 Å². The van der Waals surface area contributed by atoms with Crippen LogP contribution in [0, 0.1) is 20.8 Å². The Kier molecular flexibility index (Phi) is 5.34. The number of rotatable bonds is 6. The molecular weight excluding hydrogens is 344 g/mol. The maximum Gasteiger partial charge on any atom is 0.226 e. The molecule has 1 amide bonds. The third-order valence-electron chi connectivity index (χ3n) is 5.27. The number of amides is 1. The minimum atomic E-state index is -0.0801. The fraction of sp³-hybridized carbons (Fsp3) is 0.579. The molecule has 0 bridgehead atoms. The lowest BCUT2D eigenvalue weighted by molar-refractivity contribution is -0.116. The molecule has 0 saturated carbocycles. The lowest BCUT2D eigenvalue weighted by Gasteiger charge is -2.16. The molecule has 1 N–H and O–H groups in total. The van der Waals surface area contributed by atoms with Gasteiger partial charge in [0, 0.05) is 38.8 Å². The van der Waals surface area contributed by atoms with Crippen LogP contribution in [0.25, 0.3) is 0 Å². The van der Waals surface area contributed by atoms with Gasteiger partial charge in [-0.3, -0.25) is 19.0 Å². The SMILES string of the molecule is CC(=O)c1c(C)nn(CCC(=O)Nc2c(N3CCCC3)nn(C)c2C)c1C. The van der Waals surface area contributed by atoms with Crippen molar-refractivity contribution in [3.8, 4) is 0 Å². The molecule has 3 heterocycles. The molecule has 1 saturated heterocycles. The highest BCUT2D eigenvalue weighted by molar-refractivity contribution is 5.96. The topological polar surface area (TPSA) is 85.1 Å². The molecule has 3 rings (SSSR count). The molecule has 2 aromatic heterocycles. The quantitative estimate of drug-likeness (QED) is 0.787. The summed E-state index contributed by atoms with van der Waals surface area (Å²) in [6.07, 6.45) is 2.59. The molecule has 0 spiro atoms. The summed E-state index contributed by atoms with van der Waals surface area (Å²) in [4.78, 5) is 26.5. The van der Waals surface area contributed by atoms with E-state index in [1.54, 1.807) is 11.6 Å². The monoisotopic (exact) mass is 372 g/mol. The van der Waals surface area contributed by atoms with Gasteiger partial charge in [-0.25, -0.2) is 0 Å². The van der Waals surface area contributed by atoms with E-state index in [-0.39, 0.29) is 18.1 Å². The first-order valence-electron chi connectivity index (χ1n) is 9.43. The number of aromatic nitrogens is 4. The predicted octanol–water partition coefficient (Wildman–Crippen LogP) is 2.37. The zero-order valence-electron chi connectivity index (χ0n) is 16.8. The number of carbonyl (C=O) groups excluding carboxylic acids is 2. The lowest BCUT2D eigenvalue weighted by atomic mass is 10.1. The summed E-state index contributed by atoms with van der Waals surface area (Å²) in [6.45, 7) is 9.57. The largest absolute Gasteiger partial charge is 0.353 e. The lowest BCUT2D eigenvalue weighted by Crippen LogP contribution is -2.22. The van der Waals surface area contributed by atoms with Crippen molar-refractivity contribution in [1.29, 1.82) is 0 Å². The third-order valence-corrected chi connectivity index (χ3v) is 5.27. The summed E-state index contributed by atoms with van der Waals surface area (Å²) in [5, 5.41) is 12.0. The number of hydrogen-bond donors (Lipinski definition) is 1. The Labute approximate surface area is 159 Å². The smallest absolute Gasteiger partial charge is 0.226 e. The fourth-order valence-electron chi connectivity index (χ4n) is 3.72. The highest BCUT2D eigenvalue weighted by atomic mass is 16.1. The van der Waals surface area contributed by atoms with E-state index in [0.717, 1.165) is 48.8 Å². The van der Waals surface area contributed by atoms with Gasteiger partial charge in [-0.1, -0.05) is 0 Å². The Hall–Kier alpha value is -2.64. The first kappa shape index (κ1) is 19.1. The Morgan fingerprint density at radius 3 is 2.33 bits per heavy atom. The van der Waals surface area contributed by atoms with Gasteiger partial charge in [-0.15, -0.1) is 0 Å². The van der Waals surface area contributed by atoms with Crippen LogP contribution in [0.4, 0.5) is 11.5 Å². The summed E-state index contributed by atoms with van der Waals surface area (Å²) in [5.74, 6) is 0.774. The van der Waals surface area contributed by atoms with Crippen LogP contribution in [0.3, 0.4) is 0 Å². The number of Topliss-reactive ketones (excluding diaryl/α,β-unsaturated/α-hetero) is 1. The molecule has 27 heavy (non-hydrogen) atoms. The summed E-state index contributed by atoms with van der Waals surface area (Å²) in [6, 6.07) is 0. The molecule has 8 nitrogen and oxygen atoms in total. The normalized spacial score (nSPS) is 14.0. The molecule has 0 aromatic carbocycles. The molecule has 2 aromatic rings. The van der Waals surface area contributed by atoms with Crippen molar-refractivity contribution in [1.82, 2.24) is 19.6 Å². The van der Waals surface area contributed by atoms with E-state index in [0.29, 0.717) is 17.8 Å². The molecule has 0 aliphatic carbocycles. The maximum atomic E-state index is 12.6. The highest BCUT2D eigenvalue weighted by Crippen LogP contribution is 2.30. The molecule has 1 aliphatic heterocycles. The van der Waals surface area contributed by atoms with Gasteiger partial charge in [-0.05, 0) is 40.5 Å². The second-order valence-corrected chi connectivity index (χ2v) is 7.23. The molecular formula is C19H28N6O2. The predicted molar refractivity (Wildman–Crippen MR) is 104 cm³/mol. The number of carbonyl (C=O) groups is 2. The fourth-order valence-corrected chi connectivity index (χ4v) is 3.72. The Balaban J connectivity index is 1.70. The van der Waals surface area contributed by atoms with Gasteiger partial charge in [0.25, 0.3) is 0 Å². The van der Waals surface area contributed by atoms with Crippen molar-refractivity contribution in [3.63, 3.8) is 0 Å². The second-order valence-electron chi connectivity index (χ2n) is 7.23. The van der Waals surface area contributed by atoms with E-state index < -0.39 is 0 Å². The number of nitrogens with zero attached hydrogens (tertiary/aromatic N) is 5. The molecule has 146 valence electrons. The molecule has 0 unspecified atom stereocenters. The molecule has 0 radical (unpaired) electrons. The van der Waals surface area contributed by atoms with E-state index >= 15 is 0 Å². The summed E-state index contributed by atoms with van der Waals surface area (Å²) in [7, 11) is 1.89. The average molecular weight is 372 g/mol. The minimum Gasteiger partial charge on any atom is -0.353 e. The van der Waals surface area contributed by atoms with Crippen molar-refractivity contribution in [2.24, 2.45) is 7.05 Å². The zero-order chi connectivity index (χ0) is 19.7. The Morgan fingerprint density at radius 1 is 1.07 bits per heavy atom. The third kappa shape index (κ3) is 3.74. The molecule has 8 heteroatoms. The second kappa shape index (κ2) is 7.54. The summed E-state index contributed by atoms with van der Waals surface area (Å²) in [5.41, 5.74) is 3.90. The van der Waals surface area contributed by atoms with Crippen molar-refractivity contribution in [2.45, 2.75) is 53.5 Å². The summed E-state index contributed by atoms with van der Waals surface area (Å²) < 4.78 is 3.55. The van der Waals surface area contributed by atoms with Crippen molar-refractivity contribution < 1.29 is 9.59 Å². The van der Waals surface area contributed by atoms with Crippen molar-refractivity contribution in [3.05, 3.63) is 22.6 Å². The highest BCUT2D eigenvalue weighted by Gasteiger charge is 2.23. The first-order valence-corrected chi connectivity index (χ1v) is 9.43. The zero-order valence-corrected chi connectivity index (χ0v) is 16.8. The van der Waals surface area contributed by atoms with Crippen LogP contribution in [0.5, 0.6) is 0 Å².